The molecule has 0 aromatic carbocycles. The van der Waals surface area contributed by atoms with Crippen LogP contribution in [0.25, 0.3) is 0 Å². The molecule has 140 valence electrons. The van der Waals surface area contributed by atoms with Gasteiger partial charge >= 0.3 is 23.9 Å². The molecular formula is C16H23NO8. The van der Waals surface area contributed by atoms with Gasteiger partial charge in [-0.3, -0.25) is 0 Å². The minimum absolute atomic E-state index is 0.113. The SMILES string of the molecule is COC(=O)/C=C/C(=O)OCC(CNC(C)C)OC(=O)/C=C/C(=O)OC. The molecule has 0 saturated carbocycles. The first-order valence-corrected chi connectivity index (χ1v) is 7.41. The van der Waals surface area contributed by atoms with Crippen molar-refractivity contribution in [3.05, 3.63) is 24.3 Å². The average molecular weight is 357 g/mol. The van der Waals surface area contributed by atoms with Crippen molar-refractivity contribution < 1.29 is 38.1 Å². The van der Waals surface area contributed by atoms with Crippen molar-refractivity contribution in [2.45, 2.75) is 26.0 Å². The third kappa shape index (κ3) is 12.4. The Morgan fingerprint density at radius 3 is 1.80 bits per heavy atom. The molecule has 0 saturated heterocycles. The fraction of sp³-hybridized carbons (Fsp3) is 0.500. The van der Waals surface area contributed by atoms with Crippen molar-refractivity contribution >= 4 is 23.9 Å². The molecule has 0 fully saturated rings. The number of ether oxygens (including phenoxy) is 4. The highest BCUT2D eigenvalue weighted by molar-refractivity contribution is 5.92. The third-order valence-electron chi connectivity index (χ3n) is 2.56. The Morgan fingerprint density at radius 2 is 1.32 bits per heavy atom. The molecule has 9 heteroatoms. The van der Waals surface area contributed by atoms with Crippen LogP contribution in [0.2, 0.25) is 0 Å². The Labute approximate surface area is 145 Å². The molecule has 25 heavy (non-hydrogen) atoms. The largest absolute Gasteiger partial charge is 0.466 e. The molecule has 1 N–H and O–H groups in total. The molecule has 0 heterocycles. The van der Waals surface area contributed by atoms with E-state index >= 15 is 0 Å². The van der Waals surface area contributed by atoms with Gasteiger partial charge in [0.2, 0.25) is 0 Å². The highest BCUT2D eigenvalue weighted by atomic mass is 16.6. The number of hydrogen-bond acceptors (Lipinski definition) is 9. The fourth-order valence-corrected chi connectivity index (χ4v) is 1.34. The first-order chi connectivity index (χ1) is 11.8. The van der Waals surface area contributed by atoms with Gasteiger partial charge in [-0.05, 0) is 0 Å². The number of methoxy groups -OCH3 is 2. The Bertz CT molecular complexity index is 524. The molecule has 0 aromatic rings. The van der Waals surface area contributed by atoms with Gasteiger partial charge in [0.25, 0.3) is 0 Å². The lowest BCUT2D eigenvalue weighted by Crippen LogP contribution is -2.37. The van der Waals surface area contributed by atoms with Crippen molar-refractivity contribution in [1.29, 1.82) is 0 Å². The first-order valence-electron chi connectivity index (χ1n) is 7.41. The predicted octanol–water partition coefficient (Wildman–Crippen LogP) is -0.102. The summed E-state index contributed by atoms with van der Waals surface area (Å²) in [4.78, 5) is 45.0. The second-order valence-electron chi connectivity index (χ2n) is 4.96. The maximum absolute atomic E-state index is 11.7. The molecule has 9 nitrogen and oxygen atoms in total. The fourth-order valence-electron chi connectivity index (χ4n) is 1.34. The monoisotopic (exact) mass is 357 g/mol. The molecule has 1 unspecified atom stereocenters. The Morgan fingerprint density at radius 1 is 0.840 bits per heavy atom. The third-order valence-corrected chi connectivity index (χ3v) is 2.56. The van der Waals surface area contributed by atoms with Gasteiger partial charge in [0.05, 0.1) is 14.2 Å². The summed E-state index contributed by atoms with van der Waals surface area (Å²) in [5.41, 5.74) is 0. The molecule has 0 spiro atoms. The molecular weight excluding hydrogens is 334 g/mol. The summed E-state index contributed by atoms with van der Waals surface area (Å²) in [5, 5.41) is 3.03. The van der Waals surface area contributed by atoms with E-state index in [1.807, 2.05) is 13.8 Å². The lowest BCUT2D eigenvalue weighted by molar-refractivity contribution is -0.152. The molecule has 0 aliphatic carbocycles. The molecule has 0 amide bonds. The van der Waals surface area contributed by atoms with Gasteiger partial charge in [-0.2, -0.15) is 0 Å². The molecule has 0 rings (SSSR count). The first kappa shape index (κ1) is 22.3. The number of hydrogen-bond donors (Lipinski definition) is 1. The topological polar surface area (TPSA) is 117 Å². The zero-order valence-corrected chi connectivity index (χ0v) is 14.6. The average Bonchev–Trinajstić information content (AvgIpc) is 2.59. The van der Waals surface area contributed by atoms with E-state index in [0.29, 0.717) is 0 Å². The van der Waals surface area contributed by atoms with Crippen LogP contribution >= 0.6 is 0 Å². The van der Waals surface area contributed by atoms with Crippen molar-refractivity contribution in [3.63, 3.8) is 0 Å². The molecule has 1 atom stereocenters. The van der Waals surface area contributed by atoms with Crippen LogP contribution in [0.15, 0.2) is 24.3 Å². The van der Waals surface area contributed by atoms with Gasteiger partial charge in [0, 0.05) is 36.9 Å². The summed E-state index contributed by atoms with van der Waals surface area (Å²) >= 11 is 0. The number of nitrogens with one attached hydrogen (secondary N) is 1. The number of esters is 4. The second kappa shape index (κ2) is 12.7. The number of rotatable bonds is 10. The van der Waals surface area contributed by atoms with E-state index in [2.05, 4.69) is 14.8 Å². The zero-order valence-electron chi connectivity index (χ0n) is 14.6. The van der Waals surface area contributed by atoms with Gasteiger partial charge in [0.15, 0.2) is 0 Å². The van der Waals surface area contributed by atoms with Crippen LogP contribution in [0.1, 0.15) is 13.8 Å². The Hall–Kier alpha value is -2.68. The maximum Gasteiger partial charge on any atom is 0.331 e. The molecule has 0 radical (unpaired) electrons. The molecule has 0 aliphatic rings. The minimum Gasteiger partial charge on any atom is -0.466 e. The second-order valence-corrected chi connectivity index (χ2v) is 4.96. The standard InChI is InChI=1S/C16H23NO8/c1-11(2)17-9-12(25-16(21)8-6-14(19)23-4)10-24-15(20)7-5-13(18)22-3/h5-8,11-12,17H,9-10H2,1-4H3/b7-5+,8-6+. The summed E-state index contributed by atoms with van der Waals surface area (Å²) in [6.07, 6.45) is 2.85. The minimum atomic E-state index is -0.791. The Balaban J connectivity index is 4.61. The van der Waals surface area contributed by atoms with Crippen LogP contribution < -0.4 is 5.32 Å². The van der Waals surface area contributed by atoms with Gasteiger partial charge in [-0.1, -0.05) is 13.8 Å². The summed E-state index contributed by atoms with van der Waals surface area (Å²) < 4.78 is 18.7. The van der Waals surface area contributed by atoms with Crippen molar-refractivity contribution in [2.24, 2.45) is 0 Å². The van der Waals surface area contributed by atoms with Gasteiger partial charge in [-0.25, -0.2) is 19.2 Å². The quantitative estimate of drug-likeness (QED) is 0.325. The van der Waals surface area contributed by atoms with E-state index in [1.165, 1.54) is 14.2 Å². The van der Waals surface area contributed by atoms with Gasteiger partial charge < -0.3 is 24.3 Å². The number of carbonyl (C=O) groups excluding carboxylic acids is 4. The van der Waals surface area contributed by atoms with E-state index in [0.717, 1.165) is 24.3 Å². The van der Waals surface area contributed by atoms with E-state index in [1.54, 1.807) is 0 Å². The van der Waals surface area contributed by atoms with E-state index in [-0.39, 0.29) is 19.2 Å². The number of carbonyl (C=O) groups is 4. The Kier molecular flexibility index (Phi) is 11.3. The van der Waals surface area contributed by atoms with Gasteiger partial charge in [-0.15, -0.1) is 0 Å². The predicted molar refractivity (Wildman–Crippen MR) is 86.3 cm³/mol. The van der Waals surface area contributed by atoms with Crippen LogP contribution in [-0.4, -0.2) is 63.4 Å². The van der Waals surface area contributed by atoms with Crippen molar-refractivity contribution in [3.8, 4) is 0 Å². The highest BCUT2D eigenvalue weighted by Crippen LogP contribution is 1.98. The van der Waals surface area contributed by atoms with Crippen LogP contribution in [0.4, 0.5) is 0 Å². The van der Waals surface area contributed by atoms with Crippen LogP contribution in [-0.2, 0) is 38.1 Å². The van der Waals surface area contributed by atoms with Gasteiger partial charge in [0.1, 0.15) is 12.7 Å². The molecule has 0 aromatic heterocycles. The smallest absolute Gasteiger partial charge is 0.331 e. The van der Waals surface area contributed by atoms with E-state index < -0.39 is 30.0 Å². The lowest BCUT2D eigenvalue weighted by atomic mass is 10.3. The summed E-state index contributed by atoms with van der Waals surface area (Å²) in [6, 6.07) is 0.113. The summed E-state index contributed by atoms with van der Waals surface area (Å²) in [5.74, 6) is -2.98. The maximum atomic E-state index is 11.7. The lowest BCUT2D eigenvalue weighted by Gasteiger charge is -2.18. The van der Waals surface area contributed by atoms with Crippen molar-refractivity contribution in [2.75, 3.05) is 27.4 Å². The highest BCUT2D eigenvalue weighted by Gasteiger charge is 2.16. The van der Waals surface area contributed by atoms with Crippen LogP contribution in [0.3, 0.4) is 0 Å². The normalized spacial score (nSPS) is 12.2. The van der Waals surface area contributed by atoms with Crippen molar-refractivity contribution in [1.82, 2.24) is 5.32 Å². The molecule has 0 bridgehead atoms. The zero-order chi connectivity index (χ0) is 19.2. The van der Waals surface area contributed by atoms with Crippen LogP contribution in [0.5, 0.6) is 0 Å². The summed E-state index contributed by atoms with van der Waals surface area (Å²) in [7, 11) is 2.35. The van der Waals surface area contributed by atoms with E-state index in [9.17, 15) is 19.2 Å². The van der Waals surface area contributed by atoms with Crippen LogP contribution in [0, 0.1) is 0 Å². The molecule has 0 aliphatic heterocycles. The van der Waals surface area contributed by atoms with E-state index in [4.69, 9.17) is 9.47 Å². The summed E-state index contributed by atoms with van der Waals surface area (Å²) in [6.45, 7) is 3.77.